The maximum absolute atomic E-state index is 10.9. The first-order valence-electron chi connectivity index (χ1n) is 9.23. The Morgan fingerprint density at radius 3 is 2.96 bits per heavy atom. The Morgan fingerprint density at radius 2 is 2.18 bits per heavy atom. The fourth-order valence-corrected chi connectivity index (χ4v) is 3.68. The molecule has 9 heteroatoms. The number of aliphatic hydroxyl groups is 2. The molecule has 1 unspecified atom stereocenters. The molecule has 2 aromatic rings. The lowest BCUT2D eigenvalue weighted by Crippen LogP contribution is -2.51. The number of aromatic nitrogens is 3. The van der Waals surface area contributed by atoms with Gasteiger partial charge in [0.1, 0.15) is 17.8 Å². The van der Waals surface area contributed by atoms with Gasteiger partial charge in [0.2, 0.25) is 0 Å². The van der Waals surface area contributed by atoms with Gasteiger partial charge >= 0.3 is 0 Å². The lowest BCUT2D eigenvalue weighted by molar-refractivity contribution is 0.0600. The molecule has 4 N–H and O–H groups in total. The van der Waals surface area contributed by atoms with Crippen LogP contribution >= 0.6 is 0 Å². The molecule has 3 atom stereocenters. The van der Waals surface area contributed by atoms with Crippen molar-refractivity contribution in [2.75, 3.05) is 31.6 Å². The fraction of sp³-hybridized carbons (Fsp3) is 0.421. The molecule has 1 saturated heterocycles. The number of piperidine rings is 1. The van der Waals surface area contributed by atoms with E-state index in [1.807, 2.05) is 24.3 Å². The Kier molecular flexibility index (Phi) is 5.23. The number of benzene rings is 1. The van der Waals surface area contributed by atoms with Crippen molar-refractivity contribution in [3.05, 3.63) is 42.4 Å². The van der Waals surface area contributed by atoms with Crippen LogP contribution in [-0.4, -0.2) is 75.4 Å². The SMILES string of the molecule is COc1cccc(N2c3ncnnc3C(CN3CC[C@@H](N)[C@H](O)C3)=CC2O)c1. The van der Waals surface area contributed by atoms with E-state index < -0.39 is 12.3 Å². The second kappa shape index (κ2) is 7.80. The quantitative estimate of drug-likeness (QED) is 0.675. The van der Waals surface area contributed by atoms with Crippen LogP contribution in [0.1, 0.15) is 12.1 Å². The zero-order chi connectivity index (χ0) is 19.7. The van der Waals surface area contributed by atoms with Crippen molar-refractivity contribution in [2.45, 2.75) is 24.8 Å². The highest BCUT2D eigenvalue weighted by atomic mass is 16.5. The number of methoxy groups -OCH3 is 1. The lowest BCUT2D eigenvalue weighted by Gasteiger charge is -2.37. The third-order valence-corrected chi connectivity index (χ3v) is 5.19. The number of fused-ring (bicyclic) bond motifs is 1. The van der Waals surface area contributed by atoms with E-state index in [1.54, 1.807) is 18.1 Å². The summed E-state index contributed by atoms with van der Waals surface area (Å²) in [6.07, 6.45) is 2.36. The van der Waals surface area contributed by atoms with E-state index in [0.29, 0.717) is 30.4 Å². The molecule has 28 heavy (non-hydrogen) atoms. The molecular formula is C19H24N6O3. The van der Waals surface area contributed by atoms with E-state index in [2.05, 4.69) is 20.1 Å². The van der Waals surface area contributed by atoms with Crippen LogP contribution < -0.4 is 15.4 Å². The standard InChI is InChI=1S/C19H24N6O3/c1-28-14-4-2-3-13(8-14)25-17(27)7-12(18-19(25)21-11-22-23-18)9-24-6-5-15(20)16(26)10-24/h2-4,7-8,11,15-17,26-27H,5-6,9-10,20H2,1H3/t15-,16-,17?/m1/s1. The maximum atomic E-state index is 10.9. The zero-order valence-electron chi connectivity index (χ0n) is 15.6. The lowest BCUT2D eigenvalue weighted by atomic mass is 10.0. The summed E-state index contributed by atoms with van der Waals surface area (Å²) in [5.41, 5.74) is 8.07. The van der Waals surface area contributed by atoms with Gasteiger partial charge < -0.3 is 20.7 Å². The zero-order valence-corrected chi connectivity index (χ0v) is 15.6. The van der Waals surface area contributed by atoms with Crippen LogP contribution in [0, 0.1) is 0 Å². The molecule has 2 aliphatic heterocycles. The third kappa shape index (κ3) is 3.57. The third-order valence-electron chi connectivity index (χ3n) is 5.19. The maximum Gasteiger partial charge on any atom is 0.165 e. The van der Waals surface area contributed by atoms with Gasteiger partial charge in [0.25, 0.3) is 0 Å². The molecule has 1 fully saturated rings. The van der Waals surface area contributed by atoms with Crippen LogP contribution in [-0.2, 0) is 0 Å². The number of nitrogens with zero attached hydrogens (tertiary/aromatic N) is 5. The molecule has 4 rings (SSSR count). The van der Waals surface area contributed by atoms with Gasteiger partial charge in [-0.15, -0.1) is 10.2 Å². The van der Waals surface area contributed by atoms with Gasteiger partial charge in [-0.1, -0.05) is 6.07 Å². The van der Waals surface area contributed by atoms with Crippen molar-refractivity contribution >= 4 is 17.1 Å². The van der Waals surface area contributed by atoms with Gasteiger partial charge in [0.15, 0.2) is 12.0 Å². The molecular weight excluding hydrogens is 360 g/mol. The first-order valence-corrected chi connectivity index (χ1v) is 9.23. The Morgan fingerprint density at radius 1 is 1.32 bits per heavy atom. The van der Waals surface area contributed by atoms with Crippen molar-refractivity contribution in [1.82, 2.24) is 20.1 Å². The van der Waals surface area contributed by atoms with E-state index in [4.69, 9.17) is 10.5 Å². The number of aliphatic hydroxyl groups excluding tert-OH is 2. The van der Waals surface area contributed by atoms with Crippen LogP contribution in [0.3, 0.4) is 0 Å². The number of nitrogens with two attached hydrogens (primary N) is 1. The smallest absolute Gasteiger partial charge is 0.165 e. The van der Waals surface area contributed by atoms with Crippen LogP contribution in [0.5, 0.6) is 5.75 Å². The fourth-order valence-electron chi connectivity index (χ4n) is 3.68. The predicted octanol–water partition coefficient (Wildman–Crippen LogP) is 0.128. The summed E-state index contributed by atoms with van der Waals surface area (Å²) in [5, 5.41) is 29.1. The molecule has 2 aliphatic rings. The topological polar surface area (TPSA) is 121 Å². The van der Waals surface area contributed by atoms with E-state index in [9.17, 15) is 10.2 Å². The molecule has 3 heterocycles. The Bertz CT molecular complexity index is 876. The van der Waals surface area contributed by atoms with Gasteiger partial charge in [0.05, 0.1) is 13.2 Å². The molecule has 1 aromatic heterocycles. The molecule has 9 nitrogen and oxygen atoms in total. The molecule has 0 bridgehead atoms. The van der Waals surface area contributed by atoms with Crippen LogP contribution in [0.4, 0.5) is 11.5 Å². The highest BCUT2D eigenvalue weighted by molar-refractivity contribution is 5.81. The Labute approximate surface area is 163 Å². The number of likely N-dealkylation sites (tertiary alicyclic amines) is 1. The number of ether oxygens (including phenoxy) is 1. The van der Waals surface area contributed by atoms with Crippen LogP contribution in [0.2, 0.25) is 0 Å². The van der Waals surface area contributed by atoms with E-state index in [0.717, 1.165) is 24.2 Å². The van der Waals surface area contributed by atoms with E-state index in [1.165, 1.54) is 6.33 Å². The summed E-state index contributed by atoms with van der Waals surface area (Å²) in [6.45, 7) is 1.78. The first kappa shape index (κ1) is 18.8. The molecule has 0 amide bonds. The van der Waals surface area contributed by atoms with Gasteiger partial charge in [-0.3, -0.25) is 9.80 Å². The monoisotopic (exact) mass is 384 g/mol. The van der Waals surface area contributed by atoms with Gasteiger partial charge in [0, 0.05) is 37.4 Å². The number of hydrogen-bond acceptors (Lipinski definition) is 9. The minimum atomic E-state index is -0.914. The largest absolute Gasteiger partial charge is 0.497 e. The number of hydrogen-bond donors (Lipinski definition) is 3. The average molecular weight is 384 g/mol. The summed E-state index contributed by atoms with van der Waals surface area (Å²) in [4.78, 5) is 8.17. The minimum Gasteiger partial charge on any atom is -0.497 e. The van der Waals surface area contributed by atoms with Gasteiger partial charge in [-0.2, -0.15) is 0 Å². The van der Waals surface area contributed by atoms with Crippen molar-refractivity contribution in [3.63, 3.8) is 0 Å². The van der Waals surface area contributed by atoms with Crippen LogP contribution in [0.25, 0.3) is 5.57 Å². The molecule has 148 valence electrons. The molecule has 0 spiro atoms. The van der Waals surface area contributed by atoms with Gasteiger partial charge in [-0.25, -0.2) is 4.98 Å². The number of rotatable bonds is 4. The minimum absolute atomic E-state index is 0.195. The van der Waals surface area contributed by atoms with Crippen molar-refractivity contribution in [2.24, 2.45) is 5.73 Å². The molecule has 0 radical (unpaired) electrons. The molecule has 1 aromatic carbocycles. The normalized spacial score (nSPS) is 25.2. The highest BCUT2D eigenvalue weighted by Gasteiger charge is 2.32. The Balaban J connectivity index is 1.64. The van der Waals surface area contributed by atoms with Crippen LogP contribution in [0.15, 0.2) is 36.7 Å². The second-order valence-corrected chi connectivity index (χ2v) is 7.06. The summed E-state index contributed by atoms with van der Waals surface area (Å²) >= 11 is 0. The summed E-state index contributed by atoms with van der Waals surface area (Å²) in [7, 11) is 1.60. The predicted molar refractivity (Wildman–Crippen MR) is 104 cm³/mol. The summed E-state index contributed by atoms with van der Waals surface area (Å²) < 4.78 is 5.30. The average Bonchev–Trinajstić information content (AvgIpc) is 2.71. The van der Waals surface area contributed by atoms with Crippen molar-refractivity contribution < 1.29 is 14.9 Å². The highest BCUT2D eigenvalue weighted by Crippen LogP contribution is 2.37. The van der Waals surface area contributed by atoms with E-state index >= 15 is 0 Å². The number of β-amino-alcohol motifs (C(OH)–C–C–N with tert-alkyl or cyclic N) is 1. The van der Waals surface area contributed by atoms with Gasteiger partial charge in [-0.05, 0) is 30.2 Å². The summed E-state index contributed by atoms with van der Waals surface area (Å²) in [6, 6.07) is 7.20. The van der Waals surface area contributed by atoms with Crippen molar-refractivity contribution in [1.29, 1.82) is 0 Å². The summed E-state index contributed by atoms with van der Waals surface area (Å²) in [5.74, 6) is 1.21. The Hall–Kier alpha value is -2.59. The second-order valence-electron chi connectivity index (χ2n) is 7.06. The molecule has 0 saturated carbocycles. The molecule has 0 aliphatic carbocycles. The number of anilines is 2. The first-order chi connectivity index (χ1) is 13.6. The van der Waals surface area contributed by atoms with Crippen molar-refractivity contribution in [3.8, 4) is 5.75 Å². The van der Waals surface area contributed by atoms with E-state index in [-0.39, 0.29) is 6.04 Å².